The summed E-state index contributed by atoms with van der Waals surface area (Å²) >= 11 is 0. The summed E-state index contributed by atoms with van der Waals surface area (Å²) in [5.74, 6) is 0.261. The van der Waals surface area contributed by atoms with Gasteiger partial charge in [-0.15, -0.1) is 0 Å². The first-order chi connectivity index (χ1) is 10.9. The van der Waals surface area contributed by atoms with Crippen LogP contribution >= 0.6 is 0 Å². The molecular weight excluding hydrogens is 286 g/mol. The highest BCUT2D eigenvalue weighted by Crippen LogP contribution is 2.11. The molecule has 0 heterocycles. The number of Topliss-reactive ketones (excluding diaryl/α,β-unsaturated/α-hetero) is 1. The second kappa shape index (κ2) is 13.0. The van der Waals surface area contributed by atoms with Gasteiger partial charge in [-0.25, -0.2) is 0 Å². The smallest absolute Gasteiger partial charge is 0.171 e. The Bertz CT molecular complexity index is 458. The van der Waals surface area contributed by atoms with E-state index < -0.39 is 0 Å². The Kier molecular flexibility index (Phi) is 12.2. The molecule has 0 spiro atoms. The van der Waals surface area contributed by atoms with Crippen LogP contribution < -0.4 is 5.73 Å². The van der Waals surface area contributed by atoms with E-state index in [9.17, 15) is 9.59 Å². The van der Waals surface area contributed by atoms with Crippen molar-refractivity contribution < 1.29 is 9.59 Å². The number of carbonyl (C=O) groups excluding carboxylic acids is 2. The number of ketones is 2. The Hall–Kier alpha value is -1.48. The van der Waals surface area contributed by atoms with E-state index in [2.05, 4.69) is 26.0 Å². The maximum atomic E-state index is 11.5. The van der Waals surface area contributed by atoms with Crippen LogP contribution in [0.15, 0.2) is 35.5 Å². The molecule has 3 nitrogen and oxygen atoms in total. The molecule has 0 fully saturated rings. The van der Waals surface area contributed by atoms with Crippen LogP contribution in [0.2, 0.25) is 0 Å². The maximum absolute atomic E-state index is 11.5. The Balaban J connectivity index is 3.97. The fourth-order valence-electron chi connectivity index (χ4n) is 2.11. The quantitative estimate of drug-likeness (QED) is 0.420. The second-order valence-corrected chi connectivity index (χ2v) is 6.24. The maximum Gasteiger partial charge on any atom is 0.171 e. The molecule has 0 aromatic heterocycles. The van der Waals surface area contributed by atoms with Gasteiger partial charge in [0.25, 0.3) is 0 Å². The molecule has 130 valence electrons. The van der Waals surface area contributed by atoms with Crippen molar-refractivity contribution in [3.63, 3.8) is 0 Å². The van der Waals surface area contributed by atoms with Crippen molar-refractivity contribution in [3.8, 4) is 0 Å². The molecule has 1 atom stereocenters. The molecule has 0 rings (SSSR count). The van der Waals surface area contributed by atoms with Gasteiger partial charge < -0.3 is 10.5 Å². The minimum atomic E-state index is -0.361. The third-order valence-electron chi connectivity index (χ3n) is 3.81. The van der Waals surface area contributed by atoms with Crippen LogP contribution in [0.3, 0.4) is 0 Å². The summed E-state index contributed by atoms with van der Waals surface area (Å²) < 4.78 is 0. The number of allylic oxidation sites excluding steroid dienone is 5. The molecule has 0 radical (unpaired) electrons. The Labute approximate surface area is 141 Å². The molecule has 0 bridgehead atoms. The van der Waals surface area contributed by atoms with Gasteiger partial charge in [-0.1, -0.05) is 36.3 Å². The molecule has 1 unspecified atom stereocenters. The van der Waals surface area contributed by atoms with E-state index in [1.165, 1.54) is 11.1 Å². The zero-order valence-electron chi connectivity index (χ0n) is 15.2. The van der Waals surface area contributed by atoms with Crippen molar-refractivity contribution >= 4 is 11.6 Å². The highest BCUT2D eigenvalue weighted by molar-refractivity contribution is 5.93. The van der Waals surface area contributed by atoms with Gasteiger partial charge in [0.2, 0.25) is 0 Å². The van der Waals surface area contributed by atoms with Crippen LogP contribution in [0.4, 0.5) is 0 Å². The highest BCUT2D eigenvalue weighted by Gasteiger charge is 2.05. The summed E-state index contributed by atoms with van der Waals surface area (Å²) in [6, 6.07) is -0.361. The van der Waals surface area contributed by atoms with Crippen LogP contribution in [0, 0.1) is 0 Å². The fraction of sp³-hybridized carbons (Fsp3) is 0.600. The van der Waals surface area contributed by atoms with Crippen LogP contribution in [0.5, 0.6) is 0 Å². The Morgan fingerprint density at radius 1 is 0.913 bits per heavy atom. The molecule has 0 aromatic carbocycles. The summed E-state index contributed by atoms with van der Waals surface area (Å²) in [5, 5.41) is 0. The van der Waals surface area contributed by atoms with Crippen molar-refractivity contribution in [1.82, 2.24) is 0 Å². The Morgan fingerprint density at radius 3 is 1.96 bits per heavy atom. The van der Waals surface area contributed by atoms with Gasteiger partial charge >= 0.3 is 0 Å². The topological polar surface area (TPSA) is 60.2 Å². The number of carbonyl (C=O) groups is 2. The number of hydrogen-bond acceptors (Lipinski definition) is 3. The molecular formula is C20H33NO2. The first-order valence-corrected chi connectivity index (χ1v) is 8.63. The summed E-state index contributed by atoms with van der Waals surface area (Å²) in [5.41, 5.74) is 8.36. The van der Waals surface area contributed by atoms with E-state index in [0.29, 0.717) is 12.8 Å². The van der Waals surface area contributed by atoms with Crippen LogP contribution in [-0.2, 0) is 9.59 Å². The summed E-state index contributed by atoms with van der Waals surface area (Å²) in [4.78, 5) is 22.4. The van der Waals surface area contributed by atoms with E-state index >= 15 is 0 Å². The van der Waals surface area contributed by atoms with Gasteiger partial charge in [0.15, 0.2) is 5.78 Å². The largest absolute Gasteiger partial charge is 0.321 e. The lowest BCUT2D eigenvalue weighted by Crippen LogP contribution is -2.27. The van der Waals surface area contributed by atoms with E-state index in [1.807, 2.05) is 13.0 Å². The lowest BCUT2D eigenvalue weighted by molar-refractivity contribution is -0.117. The average molecular weight is 319 g/mol. The molecule has 0 aliphatic rings. The van der Waals surface area contributed by atoms with Gasteiger partial charge in [0, 0.05) is 6.42 Å². The molecule has 0 aromatic rings. The lowest BCUT2D eigenvalue weighted by Gasteiger charge is -2.03. The van der Waals surface area contributed by atoms with E-state index in [1.54, 1.807) is 13.0 Å². The van der Waals surface area contributed by atoms with E-state index in [-0.39, 0.29) is 17.6 Å². The Morgan fingerprint density at radius 2 is 1.43 bits per heavy atom. The number of hydrogen-bond donors (Lipinski definition) is 1. The second-order valence-electron chi connectivity index (χ2n) is 6.24. The van der Waals surface area contributed by atoms with Crippen molar-refractivity contribution in [2.45, 2.75) is 78.7 Å². The van der Waals surface area contributed by atoms with Gasteiger partial charge in [-0.3, -0.25) is 4.79 Å². The zero-order valence-corrected chi connectivity index (χ0v) is 15.2. The standard InChI is InChI=1S/C20H33NO2/c1-5-19(21)20(23)15-7-6-10-16(2)11-8-12-17(3)13-9-14-18(4)22/h7,11,13,15,19H,5-6,8-10,12,14,21H2,1-4H3. The van der Waals surface area contributed by atoms with Gasteiger partial charge in [-0.05, 0) is 65.4 Å². The van der Waals surface area contributed by atoms with Crippen LogP contribution in [-0.4, -0.2) is 17.6 Å². The summed E-state index contributed by atoms with van der Waals surface area (Å²) in [6.07, 6.45) is 14.0. The molecule has 0 saturated carbocycles. The molecule has 0 aliphatic carbocycles. The lowest BCUT2D eigenvalue weighted by atomic mass is 10.1. The third-order valence-corrected chi connectivity index (χ3v) is 3.81. The summed E-state index contributed by atoms with van der Waals surface area (Å²) in [6.45, 7) is 7.80. The highest BCUT2D eigenvalue weighted by atomic mass is 16.1. The van der Waals surface area contributed by atoms with Gasteiger partial charge in [-0.2, -0.15) is 0 Å². The first kappa shape index (κ1) is 21.5. The van der Waals surface area contributed by atoms with E-state index in [4.69, 9.17) is 5.73 Å². The minimum absolute atomic E-state index is 0.0143. The van der Waals surface area contributed by atoms with Crippen molar-refractivity contribution in [3.05, 3.63) is 35.5 Å². The molecule has 3 heteroatoms. The third kappa shape index (κ3) is 12.7. The van der Waals surface area contributed by atoms with E-state index in [0.717, 1.165) is 32.1 Å². The normalized spacial score (nSPS) is 14.3. The zero-order chi connectivity index (χ0) is 17.7. The van der Waals surface area contributed by atoms with Crippen molar-refractivity contribution in [1.29, 1.82) is 0 Å². The molecule has 0 aliphatic heterocycles. The average Bonchev–Trinajstić information content (AvgIpc) is 2.50. The molecule has 0 amide bonds. The van der Waals surface area contributed by atoms with Gasteiger partial charge in [0.05, 0.1) is 6.04 Å². The van der Waals surface area contributed by atoms with Crippen molar-refractivity contribution in [2.24, 2.45) is 5.73 Å². The molecule has 23 heavy (non-hydrogen) atoms. The summed E-state index contributed by atoms with van der Waals surface area (Å²) in [7, 11) is 0. The van der Waals surface area contributed by atoms with Crippen LogP contribution in [0.1, 0.15) is 72.6 Å². The first-order valence-electron chi connectivity index (χ1n) is 8.63. The predicted octanol–water partition coefficient (Wildman–Crippen LogP) is 4.67. The number of rotatable bonds is 12. The molecule has 2 N–H and O–H groups in total. The predicted molar refractivity (Wildman–Crippen MR) is 98.3 cm³/mol. The van der Waals surface area contributed by atoms with Crippen molar-refractivity contribution in [2.75, 3.05) is 0 Å². The minimum Gasteiger partial charge on any atom is -0.321 e. The fourth-order valence-corrected chi connectivity index (χ4v) is 2.11. The monoisotopic (exact) mass is 319 g/mol. The number of nitrogens with two attached hydrogens (primary N) is 1. The van der Waals surface area contributed by atoms with Gasteiger partial charge in [0.1, 0.15) is 5.78 Å². The van der Waals surface area contributed by atoms with Crippen LogP contribution in [0.25, 0.3) is 0 Å². The molecule has 0 saturated heterocycles. The SMILES string of the molecule is CCC(N)C(=O)C=CCCC(C)=CCCC(C)=CCCC(C)=O.